The Kier molecular flexibility index (Phi) is 4.41. The first-order valence-electron chi connectivity index (χ1n) is 7.59. The molecule has 2 aromatic rings. The van der Waals surface area contributed by atoms with E-state index in [1.54, 1.807) is 23.1 Å². The van der Waals surface area contributed by atoms with E-state index in [0.29, 0.717) is 30.1 Å². The lowest BCUT2D eigenvalue weighted by atomic mass is 10.0. The molecule has 2 unspecified atom stereocenters. The van der Waals surface area contributed by atoms with E-state index in [2.05, 4.69) is 5.16 Å². The lowest BCUT2D eigenvalue weighted by Gasteiger charge is -2.16. The van der Waals surface area contributed by atoms with Crippen molar-refractivity contribution in [2.24, 2.45) is 5.92 Å². The Hall–Kier alpha value is -1.85. The van der Waals surface area contributed by atoms with E-state index >= 15 is 0 Å². The van der Waals surface area contributed by atoms with Gasteiger partial charge in [-0.1, -0.05) is 16.8 Å². The Morgan fingerprint density at radius 3 is 2.83 bits per heavy atom. The monoisotopic (exact) mass is 334 g/mol. The highest BCUT2D eigenvalue weighted by Gasteiger charge is 2.35. The third kappa shape index (κ3) is 3.41. The molecule has 122 valence electrons. The highest BCUT2D eigenvalue weighted by molar-refractivity contribution is 6.31. The Morgan fingerprint density at radius 1 is 1.39 bits per heavy atom. The summed E-state index contributed by atoms with van der Waals surface area (Å²) in [4.78, 5) is 14.3. The average Bonchev–Trinajstić information content (AvgIpc) is 3.08. The standard InChI is InChI=1S/C17H19ClN2O3/c1-10-5-12(3-4-15(10)18)17(22)20-8-13(16(21)9-20)7-14-6-11(2)19-23-14/h3-6,13,16,21H,7-9H2,1-2H3. The van der Waals surface area contributed by atoms with E-state index in [9.17, 15) is 9.90 Å². The number of likely N-dealkylation sites (tertiary alicyclic amines) is 1. The van der Waals surface area contributed by atoms with Crippen molar-refractivity contribution >= 4 is 17.5 Å². The summed E-state index contributed by atoms with van der Waals surface area (Å²) in [7, 11) is 0. The van der Waals surface area contributed by atoms with E-state index < -0.39 is 6.10 Å². The molecular formula is C17H19ClN2O3. The molecule has 2 heterocycles. The largest absolute Gasteiger partial charge is 0.391 e. The number of benzene rings is 1. The summed E-state index contributed by atoms with van der Waals surface area (Å²) in [5.74, 6) is 0.614. The zero-order valence-corrected chi connectivity index (χ0v) is 13.9. The predicted octanol–water partition coefficient (Wildman–Crippen LogP) is 2.62. The van der Waals surface area contributed by atoms with Gasteiger partial charge in [-0.15, -0.1) is 0 Å². The SMILES string of the molecule is Cc1cc(CC2CN(C(=O)c3ccc(Cl)c(C)c3)CC2O)on1. The van der Waals surface area contributed by atoms with Crippen molar-refractivity contribution in [3.63, 3.8) is 0 Å². The molecule has 0 bridgehead atoms. The smallest absolute Gasteiger partial charge is 0.253 e. The molecule has 0 spiro atoms. The summed E-state index contributed by atoms with van der Waals surface area (Å²) in [6.07, 6.45) is 0.0172. The van der Waals surface area contributed by atoms with Gasteiger partial charge in [-0.25, -0.2) is 0 Å². The van der Waals surface area contributed by atoms with Gasteiger partial charge < -0.3 is 14.5 Å². The van der Waals surface area contributed by atoms with E-state index in [1.807, 2.05) is 19.9 Å². The minimum Gasteiger partial charge on any atom is -0.391 e. The highest BCUT2D eigenvalue weighted by atomic mass is 35.5. The van der Waals surface area contributed by atoms with Crippen LogP contribution in [0.15, 0.2) is 28.8 Å². The van der Waals surface area contributed by atoms with Crippen molar-refractivity contribution in [1.82, 2.24) is 10.1 Å². The first kappa shape index (κ1) is 16.0. The van der Waals surface area contributed by atoms with E-state index in [-0.39, 0.29) is 11.8 Å². The van der Waals surface area contributed by atoms with Crippen LogP contribution in [0.3, 0.4) is 0 Å². The molecule has 0 radical (unpaired) electrons. The number of aromatic nitrogens is 1. The maximum atomic E-state index is 12.6. The van der Waals surface area contributed by atoms with Crippen LogP contribution >= 0.6 is 11.6 Å². The third-order valence-electron chi connectivity index (χ3n) is 4.24. The van der Waals surface area contributed by atoms with Gasteiger partial charge >= 0.3 is 0 Å². The van der Waals surface area contributed by atoms with Gasteiger partial charge in [0.15, 0.2) is 0 Å². The van der Waals surface area contributed by atoms with Crippen LogP contribution in [0, 0.1) is 19.8 Å². The van der Waals surface area contributed by atoms with Gasteiger partial charge in [-0.3, -0.25) is 4.79 Å². The number of halogens is 1. The Morgan fingerprint density at radius 2 is 2.17 bits per heavy atom. The van der Waals surface area contributed by atoms with Crippen LogP contribution < -0.4 is 0 Å². The van der Waals surface area contributed by atoms with Crippen molar-refractivity contribution in [2.45, 2.75) is 26.4 Å². The number of aryl methyl sites for hydroxylation is 2. The van der Waals surface area contributed by atoms with Crippen LogP contribution in [0.25, 0.3) is 0 Å². The van der Waals surface area contributed by atoms with E-state index in [4.69, 9.17) is 16.1 Å². The molecular weight excluding hydrogens is 316 g/mol. The van der Waals surface area contributed by atoms with Crippen molar-refractivity contribution in [3.8, 4) is 0 Å². The summed E-state index contributed by atoms with van der Waals surface area (Å²) >= 11 is 6.00. The second kappa shape index (κ2) is 6.34. The number of amides is 1. The molecule has 1 aromatic heterocycles. The molecule has 2 atom stereocenters. The molecule has 1 fully saturated rings. The lowest BCUT2D eigenvalue weighted by molar-refractivity contribution is 0.0764. The topological polar surface area (TPSA) is 66.6 Å². The maximum absolute atomic E-state index is 12.6. The fourth-order valence-corrected chi connectivity index (χ4v) is 3.07. The molecule has 1 N–H and O–H groups in total. The molecule has 5 nitrogen and oxygen atoms in total. The highest BCUT2D eigenvalue weighted by Crippen LogP contribution is 2.24. The zero-order chi connectivity index (χ0) is 16.6. The number of nitrogens with zero attached hydrogens (tertiary/aromatic N) is 2. The first-order valence-corrected chi connectivity index (χ1v) is 7.97. The molecule has 1 aliphatic heterocycles. The lowest BCUT2D eigenvalue weighted by Crippen LogP contribution is -2.29. The fourth-order valence-electron chi connectivity index (χ4n) is 2.95. The number of hydrogen-bond donors (Lipinski definition) is 1. The minimum atomic E-state index is -0.558. The van der Waals surface area contributed by atoms with Crippen LogP contribution in [0.2, 0.25) is 5.02 Å². The van der Waals surface area contributed by atoms with Gasteiger partial charge in [0.25, 0.3) is 5.91 Å². The molecule has 1 amide bonds. The summed E-state index contributed by atoms with van der Waals surface area (Å²) in [6, 6.07) is 7.09. The fraction of sp³-hybridized carbons (Fsp3) is 0.412. The quantitative estimate of drug-likeness (QED) is 0.937. The van der Waals surface area contributed by atoms with Crippen LogP contribution in [0.5, 0.6) is 0 Å². The van der Waals surface area contributed by atoms with Crippen molar-refractivity contribution in [3.05, 3.63) is 51.9 Å². The van der Waals surface area contributed by atoms with Gasteiger partial charge in [0.2, 0.25) is 0 Å². The van der Waals surface area contributed by atoms with Crippen molar-refractivity contribution in [2.75, 3.05) is 13.1 Å². The Balaban J connectivity index is 1.69. The summed E-state index contributed by atoms with van der Waals surface area (Å²) in [5, 5.41) is 14.7. The van der Waals surface area contributed by atoms with Crippen molar-refractivity contribution < 1.29 is 14.4 Å². The first-order chi connectivity index (χ1) is 10.9. The number of aliphatic hydroxyl groups excluding tert-OH is 1. The van der Waals surface area contributed by atoms with Crippen LogP contribution in [-0.2, 0) is 6.42 Å². The number of β-amino-alcohol motifs (C(OH)–C–C–N with tert-alkyl or cyclic N) is 1. The molecule has 23 heavy (non-hydrogen) atoms. The Labute approximate surface area is 139 Å². The predicted molar refractivity (Wildman–Crippen MR) is 86.5 cm³/mol. The number of aliphatic hydroxyl groups is 1. The summed E-state index contributed by atoms with van der Waals surface area (Å²) < 4.78 is 5.20. The second-order valence-electron chi connectivity index (χ2n) is 6.14. The zero-order valence-electron chi connectivity index (χ0n) is 13.1. The van der Waals surface area contributed by atoms with Gasteiger partial charge in [0, 0.05) is 42.1 Å². The van der Waals surface area contributed by atoms with Gasteiger partial charge in [-0.05, 0) is 37.6 Å². The van der Waals surface area contributed by atoms with Crippen molar-refractivity contribution in [1.29, 1.82) is 0 Å². The van der Waals surface area contributed by atoms with Gasteiger partial charge in [0.1, 0.15) is 5.76 Å². The molecule has 3 rings (SSSR count). The molecule has 0 saturated carbocycles. The molecule has 0 aliphatic carbocycles. The van der Waals surface area contributed by atoms with E-state index in [1.165, 1.54) is 0 Å². The molecule has 1 aromatic carbocycles. The number of carbonyl (C=O) groups excluding carboxylic acids is 1. The molecule has 1 saturated heterocycles. The second-order valence-corrected chi connectivity index (χ2v) is 6.55. The average molecular weight is 335 g/mol. The number of carbonyl (C=O) groups is 1. The normalized spacial score (nSPS) is 21.0. The maximum Gasteiger partial charge on any atom is 0.253 e. The summed E-state index contributed by atoms with van der Waals surface area (Å²) in [5.41, 5.74) is 2.28. The van der Waals surface area contributed by atoms with Crippen LogP contribution in [0.1, 0.15) is 27.4 Å². The minimum absolute atomic E-state index is 0.0419. The van der Waals surface area contributed by atoms with Gasteiger partial charge in [-0.2, -0.15) is 0 Å². The molecule has 6 heteroatoms. The number of hydrogen-bond acceptors (Lipinski definition) is 4. The number of rotatable bonds is 3. The molecule has 1 aliphatic rings. The van der Waals surface area contributed by atoms with Gasteiger partial charge in [0.05, 0.1) is 11.8 Å². The van der Waals surface area contributed by atoms with Crippen LogP contribution in [-0.4, -0.2) is 40.3 Å². The third-order valence-corrected chi connectivity index (χ3v) is 4.66. The van der Waals surface area contributed by atoms with E-state index in [0.717, 1.165) is 17.0 Å². The summed E-state index contributed by atoms with van der Waals surface area (Å²) in [6.45, 7) is 4.56. The Bertz CT molecular complexity index is 728. The van der Waals surface area contributed by atoms with Crippen LogP contribution in [0.4, 0.5) is 0 Å².